The molecule has 0 atom stereocenters. The molecule has 1 heterocycles. The van der Waals surface area contributed by atoms with Gasteiger partial charge in [0.05, 0.1) is 0 Å². The van der Waals surface area contributed by atoms with Crippen molar-refractivity contribution in [2.24, 2.45) is 0 Å². The van der Waals surface area contributed by atoms with Crippen LogP contribution in [0.5, 0.6) is 0 Å². The molecule has 9 heavy (non-hydrogen) atoms. The predicted octanol–water partition coefficient (Wildman–Crippen LogP) is 1.72. The first-order valence-corrected chi connectivity index (χ1v) is 2.33. The standard InChI is InChI=1S/C5H4F2NO/c1-3-8-4(2-9-3)5(6)7/h5H,1H3. The van der Waals surface area contributed by atoms with Gasteiger partial charge in [-0.05, 0) is 0 Å². The van der Waals surface area contributed by atoms with Gasteiger partial charge in [-0.3, -0.25) is 0 Å². The number of aryl methyl sites for hydroxylation is 1. The Labute approximate surface area is 50.5 Å². The average Bonchev–Trinajstić information content (AvgIpc) is 2.14. The highest BCUT2D eigenvalue weighted by atomic mass is 19.3. The van der Waals surface area contributed by atoms with Crippen LogP contribution in [0, 0.1) is 13.2 Å². The largest absolute Gasteiger partial charge is 0.437 e. The van der Waals surface area contributed by atoms with Crippen molar-refractivity contribution in [3.63, 3.8) is 0 Å². The maximum atomic E-state index is 11.6. The minimum absolute atomic E-state index is 0.213. The van der Waals surface area contributed by atoms with E-state index < -0.39 is 12.1 Å². The summed E-state index contributed by atoms with van der Waals surface area (Å²) in [7, 11) is 0. The number of halogens is 2. The van der Waals surface area contributed by atoms with Gasteiger partial charge in [0.25, 0.3) is 6.43 Å². The lowest BCUT2D eigenvalue weighted by atomic mass is 10.5. The summed E-state index contributed by atoms with van der Waals surface area (Å²) in [5, 5.41) is 0. The SMILES string of the molecule is Cc1nc(C(F)F)[c]o1. The first-order valence-electron chi connectivity index (χ1n) is 2.33. The summed E-state index contributed by atoms with van der Waals surface area (Å²) in [5.41, 5.74) is -0.424. The quantitative estimate of drug-likeness (QED) is 0.581. The second-order valence-electron chi connectivity index (χ2n) is 1.52. The molecule has 0 aliphatic heterocycles. The number of hydrogen-bond donors (Lipinski definition) is 0. The molecule has 0 aliphatic rings. The molecule has 0 aromatic carbocycles. The van der Waals surface area contributed by atoms with E-state index in [1.165, 1.54) is 6.92 Å². The first kappa shape index (κ1) is 6.19. The molecule has 1 aromatic heterocycles. The van der Waals surface area contributed by atoms with Crippen LogP contribution in [0.4, 0.5) is 8.78 Å². The van der Waals surface area contributed by atoms with E-state index in [1.54, 1.807) is 0 Å². The van der Waals surface area contributed by atoms with Gasteiger partial charge in [0.2, 0.25) is 6.26 Å². The van der Waals surface area contributed by atoms with Crippen molar-refractivity contribution in [2.45, 2.75) is 13.3 Å². The van der Waals surface area contributed by atoms with E-state index in [0.717, 1.165) is 0 Å². The van der Waals surface area contributed by atoms with Gasteiger partial charge in [-0.25, -0.2) is 13.8 Å². The van der Waals surface area contributed by atoms with Gasteiger partial charge < -0.3 is 4.42 Å². The summed E-state index contributed by atoms with van der Waals surface area (Å²) in [6.45, 7) is 1.49. The molecule has 0 aliphatic carbocycles. The average molecular weight is 132 g/mol. The van der Waals surface area contributed by atoms with Gasteiger partial charge >= 0.3 is 0 Å². The minimum Gasteiger partial charge on any atom is -0.437 e. The molecule has 0 N–H and O–H groups in total. The Morgan fingerprint density at radius 2 is 2.33 bits per heavy atom. The predicted molar refractivity (Wildman–Crippen MR) is 25.0 cm³/mol. The second-order valence-corrected chi connectivity index (χ2v) is 1.52. The molecule has 0 saturated heterocycles. The third-order valence-electron chi connectivity index (χ3n) is 0.788. The molecular formula is C5H4F2NO. The van der Waals surface area contributed by atoms with Gasteiger partial charge in [-0.1, -0.05) is 0 Å². The van der Waals surface area contributed by atoms with Crippen LogP contribution in [0.3, 0.4) is 0 Å². The summed E-state index contributed by atoms with van der Waals surface area (Å²) < 4.78 is 27.7. The third kappa shape index (κ3) is 1.25. The lowest BCUT2D eigenvalue weighted by Gasteiger charge is -1.84. The van der Waals surface area contributed by atoms with E-state index in [-0.39, 0.29) is 5.89 Å². The fourth-order valence-corrected chi connectivity index (χ4v) is 0.435. The molecule has 49 valence electrons. The zero-order valence-electron chi connectivity index (χ0n) is 4.69. The van der Waals surface area contributed by atoms with E-state index in [4.69, 9.17) is 0 Å². The number of oxazole rings is 1. The molecule has 1 aromatic rings. The highest BCUT2D eigenvalue weighted by molar-refractivity contribution is 4.94. The fraction of sp³-hybridized carbons (Fsp3) is 0.400. The van der Waals surface area contributed by atoms with Crippen molar-refractivity contribution in [1.82, 2.24) is 4.98 Å². The van der Waals surface area contributed by atoms with Crippen molar-refractivity contribution in [1.29, 1.82) is 0 Å². The first-order chi connectivity index (χ1) is 4.20. The maximum Gasteiger partial charge on any atom is 0.284 e. The molecule has 0 bridgehead atoms. The van der Waals surface area contributed by atoms with E-state index >= 15 is 0 Å². The van der Waals surface area contributed by atoms with Gasteiger partial charge in [0, 0.05) is 6.92 Å². The number of rotatable bonds is 1. The lowest BCUT2D eigenvalue weighted by molar-refractivity contribution is 0.145. The molecule has 0 spiro atoms. The molecule has 0 fully saturated rings. The summed E-state index contributed by atoms with van der Waals surface area (Å²) in [6.07, 6.45) is -0.612. The van der Waals surface area contributed by atoms with Gasteiger partial charge in [-0.2, -0.15) is 0 Å². The van der Waals surface area contributed by atoms with Crippen LogP contribution < -0.4 is 0 Å². The van der Waals surface area contributed by atoms with Crippen LogP contribution in [0.15, 0.2) is 4.42 Å². The molecule has 1 radical (unpaired) electrons. The van der Waals surface area contributed by atoms with Crippen LogP contribution in [0.25, 0.3) is 0 Å². The van der Waals surface area contributed by atoms with Crippen LogP contribution in [0.1, 0.15) is 18.0 Å². The van der Waals surface area contributed by atoms with E-state index in [1.807, 2.05) is 6.26 Å². The van der Waals surface area contributed by atoms with Crippen molar-refractivity contribution in [2.75, 3.05) is 0 Å². The maximum absolute atomic E-state index is 11.6. The van der Waals surface area contributed by atoms with Crippen LogP contribution >= 0.6 is 0 Å². The zero-order valence-corrected chi connectivity index (χ0v) is 4.69. The number of aromatic nitrogens is 1. The highest BCUT2D eigenvalue weighted by Crippen LogP contribution is 2.15. The third-order valence-corrected chi connectivity index (χ3v) is 0.788. The summed E-state index contributed by atoms with van der Waals surface area (Å²) in [4.78, 5) is 3.34. The monoisotopic (exact) mass is 132 g/mol. The Balaban J connectivity index is 2.85. The molecular weight excluding hydrogens is 128 g/mol. The topological polar surface area (TPSA) is 26.0 Å². The van der Waals surface area contributed by atoms with Crippen LogP contribution in [0.2, 0.25) is 0 Å². The summed E-state index contributed by atoms with van der Waals surface area (Å²) in [6, 6.07) is 0. The Hall–Kier alpha value is -0.930. The minimum atomic E-state index is -2.58. The Kier molecular flexibility index (Phi) is 1.46. The fourth-order valence-electron chi connectivity index (χ4n) is 0.435. The van der Waals surface area contributed by atoms with Crippen LogP contribution in [-0.4, -0.2) is 4.98 Å². The molecule has 2 nitrogen and oxygen atoms in total. The van der Waals surface area contributed by atoms with Crippen molar-refractivity contribution in [3.8, 4) is 0 Å². The number of hydrogen-bond acceptors (Lipinski definition) is 2. The number of alkyl halides is 2. The van der Waals surface area contributed by atoms with Gasteiger partial charge in [0.15, 0.2) is 11.6 Å². The van der Waals surface area contributed by atoms with Gasteiger partial charge in [-0.15, -0.1) is 0 Å². The summed E-state index contributed by atoms with van der Waals surface area (Å²) in [5.74, 6) is 0.213. The molecule has 4 heteroatoms. The van der Waals surface area contributed by atoms with Crippen LogP contribution in [-0.2, 0) is 0 Å². The Morgan fingerprint density at radius 1 is 1.67 bits per heavy atom. The Bertz CT molecular complexity index is 197. The van der Waals surface area contributed by atoms with Crippen molar-refractivity contribution >= 4 is 0 Å². The summed E-state index contributed by atoms with van der Waals surface area (Å²) >= 11 is 0. The highest BCUT2D eigenvalue weighted by Gasteiger charge is 2.11. The smallest absolute Gasteiger partial charge is 0.284 e. The zero-order chi connectivity index (χ0) is 6.85. The number of nitrogens with zero attached hydrogens (tertiary/aromatic N) is 1. The van der Waals surface area contributed by atoms with E-state index in [0.29, 0.717) is 0 Å². The molecule has 0 saturated carbocycles. The van der Waals surface area contributed by atoms with Crippen molar-refractivity contribution < 1.29 is 13.2 Å². The lowest BCUT2D eigenvalue weighted by Crippen LogP contribution is -1.82. The second kappa shape index (κ2) is 2.13. The normalized spacial score (nSPS) is 10.7. The van der Waals surface area contributed by atoms with E-state index in [9.17, 15) is 8.78 Å². The van der Waals surface area contributed by atoms with Gasteiger partial charge in [0.1, 0.15) is 0 Å². The molecule has 0 unspecified atom stereocenters. The van der Waals surface area contributed by atoms with Crippen molar-refractivity contribution in [3.05, 3.63) is 17.8 Å². The molecule has 0 amide bonds. The van der Waals surface area contributed by atoms with E-state index in [2.05, 4.69) is 9.40 Å². The molecule has 1 rings (SSSR count). The Morgan fingerprint density at radius 3 is 2.56 bits per heavy atom.